The summed E-state index contributed by atoms with van der Waals surface area (Å²) in [6.07, 6.45) is 96.4. The molecule has 5 heterocycles. The molecular formula is C81H153Br2F6KN8O8S4. The fraction of sp³-hybridized carbons (Fsp3) is 0.889. The Labute approximate surface area is 730 Å². The molecule has 646 valence electrons. The largest absolute Gasteiger partial charge is 1.00 e. The first-order chi connectivity index (χ1) is 51.7. The molecule has 0 spiro atoms. The second-order valence-electron chi connectivity index (χ2n) is 29.9. The summed E-state index contributed by atoms with van der Waals surface area (Å²) in [5.74, 6) is -6.89. The third-order valence-corrected chi connectivity index (χ3v) is 26.9. The van der Waals surface area contributed by atoms with Crippen molar-refractivity contribution in [2.75, 3.05) is 16.8 Å². The van der Waals surface area contributed by atoms with Crippen molar-refractivity contribution < 1.29 is 138 Å². The van der Waals surface area contributed by atoms with E-state index >= 15 is 0 Å². The molecule has 3 aromatic heterocycles. The molecule has 0 amide bonds. The average molecular weight is 1810 g/mol. The van der Waals surface area contributed by atoms with Crippen molar-refractivity contribution in [1.82, 2.24) is 18.7 Å². The van der Waals surface area contributed by atoms with E-state index in [1.807, 2.05) is 12.5 Å². The van der Waals surface area contributed by atoms with Gasteiger partial charge in [0.25, 0.3) is 0 Å². The van der Waals surface area contributed by atoms with Gasteiger partial charge in [-0.2, -0.15) is 26.3 Å². The van der Waals surface area contributed by atoms with Crippen LogP contribution < -0.4 is 77.5 Å². The maximum atomic E-state index is 12.4. The van der Waals surface area contributed by atoms with Crippen LogP contribution in [0.3, 0.4) is 0 Å². The zero-order chi connectivity index (χ0) is 80.4. The molecule has 0 bridgehead atoms. The fourth-order valence-corrected chi connectivity index (χ4v) is 19.0. The fourth-order valence-electron chi connectivity index (χ4n) is 12.6. The number of unbranched alkanes of at least 4 members (excludes halogenated alkanes) is 48. The summed E-state index contributed by atoms with van der Waals surface area (Å²) in [4.78, 5) is 4.08. The van der Waals surface area contributed by atoms with Crippen molar-refractivity contribution in [2.24, 2.45) is 0 Å². The Hall–Kier alpha value is -0.474. The summed E-state index contributed by atoms with van der Waals surface area (Å²) in [6.45, 7) is 19.4. The number of aryl methyl sites for hydroxylation is 5. The van der Waals surface area contributed by atoms with Crippen LogP contribution in [-0.2, 0) is 72.8 Å². The molecule has 0 aromatic carbocycles. The van der Waals surface area contributed by atoms with Crippen molar-refractivity contribution >= 4 is 56.0 Å². The van der Waals surface area contributed by atoms with Gasteiger partial charge in [0.1, 0.15) is 24.8 Å². The van der Waals surface area contributed by atoms with Gasteiger partial charge in [-0.05, 0) is 57.8 Å². The average Bonchev–Trinajstić information content (AvgIpc) is 0.871. The molecule has 0 aliphatic carbocycles. The van der Waals surface area contributed by atoms with Gasteiger partial charge in [0.15, 0.2) is 20.0 Å². The molecule has 0 atom stereocenters. The third-order valence-electron chi connectivity index (χ3n) is 19.5. The van der Waals surface area contributed by atoms with E-state index in [-0.39, 0.29) is 86.3 Å². The van der Waals surface area contributed by atoms with E-state index in [9.17, 15) is 60.0 Å². The normalized spacial score (nSPS) is 15.8. The summed E-state index contributed by atoms with van der Waals surface area (Å²) in [7, 11) is -20.5. The van der Waals surface area contributed by atoms with Crippen molar-refractivity contribution in [2.45, 2.75) is 444 Å². The first-order valence-electron chi connectivity index (χ1n) is 42.9. The minimum atomic E-state index is -6.60. The number of hydrogen-bond donors (Lipinski definition) is 0. The molecular weight excluding hydrogens is 1650 g/mol. The van der Waals surface area contributed by atoms with E-state index in [0.717, 1.165) is 16.0 Å². The molecule has 3 aromatic rings. The number of hydrogen-bond acceptors (Lipinski definition) is 9. The molecule has 2 saturated heterocycles. The molecule has 110 heavy (non-hydrogen) atoms. The van der Waals surface area contributed by atoms with Gasteiger partial charge in [0.2, 0.25) is 12.7 Å². The summed E-state index contributed by atoms with van der Waals surface area (Å²) in [5, 5.41) is -11.4. The van der Waals surface area contributed by atoms with Gasteiger partial charge >= 0.3 is 67.8 Å². The standard InChI is InChI=1S/2C25H49N2.C21H40N2.C4H9Br.C3F6NO4S2.C3H6NO4S2.BrH.K/c2*1-3-5-7-8-9-10-11-12-13-14-15-16-17-18-19-20-22-27-24-23-26(25-27)21-6-4-2;1-2-3-4-5-6-7-8-9-10-11-12-13-14-15-16-17-19-23-20-18-22-21-23;1-2-3-4-5;4-1(5)2(6,7)15(11,12)10-16(13,14)3(1,8)9;5-9(6)2-1-3-10(7,8)4-9;;/h2*23-25H,3-22H2,1-2H3;18,20-21H,2-17,19H2,1H3;2-4H2,1H3;;1-3H2;1H;/q2*+1;;;2*-1;;+1/p-1. The maximum absolute atomic E-state index is 12.4. The molecule has 5 rings (SSSR count). The van der Waals surface area contributed by atoms with Gasteiger partial charge in [0.05, 0.1) is 52.6 Å². The van der Waals surface area contributed by atoms with E-state index in [4.69, 9.17) is 0 Å². The van der Waals surface area contributed by atoms with Crippen molar-refractivity contribution in [3.63, 3.8) is 0 Å². The SMILES string of the molecule is CCCCBr.CCCCCCCCCCCCCCCCCC[n+]1ccn(CCCC)c1.CCCCCCCCCCCCCCCCCC[n+]1ccn(CCCC)c1.CCCCCCCCCCCCCCCCCCn1ccnc1.O=S1(=O)CCCS(=O)(=O)[N-]1.O=S1(=O)[N-]S(=O)(=O)C(F)(F)C(F)(F)C1(F)F.[Br-].[K+]. The Morgan fingerprint density at radius 2 is 0.609 bits per heavy atom. The van der Waals surface area contributed by atoms with Gasteiger partial charge in [-0.3, -0.25) is 0 Å². The van der Waals surface area contributed by atoms with E-state index < -0.39 is 56.5 Å². The Morgan fingerprint density at radius 1 is 0.355 bits per heavy atom. The number of imidazole rings is 3. The van der Waals surface area contributed by atoms with Gasteiger partial charge in [0, 0.05) is 35.8 Å². The molecule has 16 nitrogen and oxygen atoms in total. The van der Waals surface area contributed by atoms with Crippen LogP contribution in [0.15, 0.2) is 56.2 Å². The van der Waals surface area contributed by atoms with Gasteiger partial charge in [-0.25, -0.2) is 56.9 Å². The molecule has 2 aliphatic rings. The zero-order valence-corrected chi connectivity index (χ0v) is 79.3. The number of nitrogens with zero attached hydrogens (tertiary/aromatic N) is 8. The maximum Gasteiger partial charge on any atom is 1.00 e. The third kappa shape index (κ3) is 58.4. The number of aromatic nitrogens is 6. The van der Waals surface area contributed by atoms with Crippen LogP contribution in [0.5, 0.6) is 0 Å². The van der Waals surface area contributed by atoms with Gasteiger partial charge in [-0.1, -0.05) is 353 Å². The van der Waals surface area contributed by atoms with E-state index in [1.165, 1.54) is 373 Å². The monoisotopic (exact) mass is 1800 g/mol. The Bertz CT molecular complexity index is 2840. The molecule has 0 unspecified atom stereocenters. The van der Waals surface area contributed by atoms with E-state index in [0.29, 0.717) is 0 Å². The van der Waals surface area contributed by atoms with Crippen LogP contribution in [0.1, 0.15) is 395 Å². The number of rotatable bonds is 59. The van der Waals surface area contributed by atoms with Crippen LogP contribution in [0, 0.1) is 0 Å². The molecule has 2 fully saturated rings. The molecule has 2 aliphatic heterocycles. The van der Waals surface area contributed by atoms with Crippen molar-refractivity contribution in [3.8, 4) is 0 Å². The first kappa shape index (κ1) is 114. The van der Waals surface area contributed by atoms with Crippen LogP contribution in [0.2, 0.25) is 0 Å². The number of halogens is 8. The van der Waals surface area contributed by atoms with Crippen molar-refractivity contribution in [3.05, 3.63) is 64.4 Å². The number of sulfonamides is 4. The van der Waals surface area contributed by atoms with Crippen LogP contribution in [0.25, 0.3) is 8.25 Å². The zero-order valence-electron chi connectivity index (χ0n) is 69.7. The minimum Gasteiger partial charge on any atom is -1.00 e. The Kier molecular flexibility index (Phi) is 75.0. The summed E-state index contributed by atoms with van der Waals surface area (Å²) in [6, 6.07) is 0. The quantitative estimate of drug-likeness (QED) is 0.0173. The van der Waals surface area contributed by atoms with Gasteiger partial charge in [-0.15, -0.1) is 0 Å². The van der Waals surface area contributed by atoms with E-state index in [1.54, 1.807) is 0 Å². The predicted molar refractivity (Wildman–Crippen MR) is 440 cm³/mol. The minimum absolute atomic E-state index is 0. The molecule has 0 radical (unpaired) electrons. The second-order valence-corrected chi connectivity index (χ2v) is 37.9. The summed E-state index contributed by atoms with van der Waals surface area (Å²) < 4.78 is 173. The van der Waals surface area contributed by atoms with Crippen LogP contribution in [0.4, 0.5) is 26.3 Å². The first-order valence-corrected chi connectivity index (χ1v) is 50.1. The Morgan fingerprint density at radius 3 is 0.836 bits per heavy atom. The van der Waals surface area contributed by atoms with Crippen LogP contribution >= 0.6 is 15.9 Å². The predicted octanol–water partition coefficient (Wildman–Crippen LogP) is 19.3. The van der Waals surface area contributed by atoms with Crippen molar-refractivity contribution in [1.29, 1.82) is 0 Å². The second kappa shape index (κ2) is 72.5. The molecule has 0 N–H and O–H groups in total. The van der Waals surface area contributed by atoms with Crippen LogP contribution in [-0.4, -0.2) is 85.6 Å². The smallest absolute Gasteiger partial charge is 1.00 e. The molecule has 29 heteroatoms. The van der Waals surface area contributed by atoms with E-state index in [2.05, 4.69) is 133 Å². The summed E-state index contributed by atoms with van der Waals surface area (Å²) in [5.41, 5.74) is 0. The Balaban J connectivity index is -0.00000131. The molecule has 0 saturated carbocycles. The van der Waals surface area contributed by atoms with Gasteiger partial charge < -0.3 is 29.8 Å². The number of alkyl halides is 7. The topological polar surface area (TPSA) is 200 Å². The summed E-state index contributed by atoms with van der Waals surface area (Å²) >= 11 is 3.31.